The molecule has 2 aliphatic heterocycles. The summed E-state index contributed by atoms with van der Waals surface area (Å²) >= 11 is 0. The first kappa shape index (κ1) is 8.02. The van der Waals surface area contributed by atoms with Crippen LogP contribution in [0.25, 0.3) is 0 Å². The van der Waals surface area contributed by atoms with Crippen LogP contribution in [0.5, 0.6) is 0 Å². The van der Waals surface area contributed by atoms with Crippen molar-refractivity contribution in [3.8, 4) is 0 Å². The smallest absolute Gasteiger partial charge is 0.108 e. The molecule has 2 rings (SSSR count). The van der Waals surface area contributed by atoms with Gasteiger partial charge in [-0.25, -0.2) is 0 Å². The van der Waals surface area contributed by atoms with Crippen molar-refractivity contribution in [2.75, 3.05) is 13.2 Å². The van der Waals surface area contributed by atoms with Crippen molar-refractivity contribution in [1.29, 1.82) is 0 Å². The summed E-state index contributed by atoms with van der Waals surface area (Å²) in [6.45, 7) is 7.89. The predicted molar refractivity (Wildman–Crippen MR) is 40.0 cm³/mol. The topological polar surface area (TPSA) is 21.8 Å². The minimum Gasteiger partial charge on any atom is -0.378 e. The maximum absolute atomic E-state index is 5.27. The molecule has 0 aliphatic carbocycles. The third kappa shape index (κ3) is 1.50. The summed E-state index contributed by atoms with van der Waals surface area (Å²) in [6.07, 6.45) is 1.00. The summed E-state index contributed by atoms with van der Waals surface area (Å²) in [7, 11) is 0. The highest BCUT2D eigenvalue weighted by molar-refractivity contribution is 4.91. The first-order chi connectivity index (χ1) is 4.88. The number of hydrogen-bond donors (Lipinski definition) is 0. The average molecular weight is 144 g/mol. The van der Waals surface area contributed by atoms with E-state index in [4.69, 9.17) is 9.47 Å². The molecule has 0 bridgehead atoms. The summed E-state index contributed by atoms with van der Waals surface area (Å²) in [5.41, 5.74) is 0. The summed E-state index contributed by atoms with van der Waals surface area (Å²) in [5.74, 6) is 0.633. The molecule has 0 aromatic rings. The van der Waals surface area contributed by atoms with Crippen LogP contribution in [0.1, 0.15) is 20.8 Å². The Morgan fingerprint density at radius 3 is 2.40 bits per heavy atom. The van der Waals surface area contributed by atoms with E-state index in [1.807, 2.05) is 13.8 Å². The lowest BCUT2D eigenvalue weighted by Crippen LogP contribution is -2.22. The quantitative estimate of drug-likeness (QED) is 0.480. The third-order valence-electron chi connectivity index (χ3n) is 1.85. The van der Waals surface area contributed by atoms with E-state index in [0.717, 1.165) is 13.2 Å². The SMILES string of the molecule is CC.CC1COCC2OC12. The van der Waals surface area contributed by atoms with Crippen LogP contribution in [0.2, 0.25) is 0 Å². The lowest BCUT2D eigenvalue weighted by molar-refractivity contribution is 0.0816. The van der Waals surface area contributed by atoms with Crippen LogP contribution in [0, 0.1) is 5.92 Å². The summed E-state index contributed by atoms with van der Waals surface area (Å²) in [6, 6.07) is 0. The number of epoxide rings is 1. The molecular formula is C8H16O2. The number of hydrogen-bond acceptors (Lipinski definition) is 2. The predicted octanol–water partition coefficient (Wildman–Crippen LogP) is 1.45. The van der Waals surface area contributed by atoms with Gasteiger partial charge in [-0.1, -0.05) is 20.8 Å². The fourth-order valence-corrected chi connectivity index (χ4v) is 1.26. The number of fused-ring (bicyclic) bond motifs is 1. The molecule has 2 heteroatoms. The molecular weight excluding hydrogens is 128 g/mol. The number of ether oxygens (including phenoxy) is 2. The Balaban J connectivity index is 0.000000231. The van der Waals surface area contributed by atoms with Gasteiger partial charge in [0.15, 0.2) is 0 Å². The van der Waals surface area contributed by atoms with E-state index in [-0.39, 0.29) is 0 Å². The molecule has 10 heavy (non-hydrogen) atoms. The Bertz CT molecular complexity index is 103. The molecule has 0 N–H and O–H groups in total. The fraction of sp³-hybridized carbons (Fsp3) is 1.00. The van der Waals surface area contributed by atoms with Gasteiger partial charge in [-0.15, -0.1) is 0 Å². The second kappa shape index (κ2) is 3.35. The minimum absolute atomic E-state index is 0.457. The first-order valence-electron chi connectivity index (χ1n) is 4.11. The van der Waals surface area contributed by atoms with E-state index < -0.39 is 0 Å². The highest BCUT2D eigenvalue weighted by Gasteiger charge is 2.45. The molecule has 2 heterocycles. The maximum atomic E-state index is 5.27. The highest BCUT2D eigenvalue weighted by Crippen LogP contribution is 2.33. The first-order valence-corrected chi connectivity index (χ1v) is 4.11. The Hall–Kier alpha value is -0.0800. The molecule has 0 spiro atoms. The van der Waals surface area contributed by atoms with Crippen LogP contribution < -0.4 is 0 Å². The van der Waals surface area contributed by atoms with E-state index in [9.17, 15) is 0 Å². The van der Waals surface area contributed by atoms with Gasteiger partial charge in [-0.3, -0.25) is 0 Å². The van der Waals surface area contributed by atoms with Crippen LogP contribution in [-0.4, -0.2) is 25.4 Å². The zero-order chi connectivity index (χ0) is 7.56. The fourth-order valence-electron chi connectivity index (χ4n) is 1.26. The second-order valence-corrected chi connectivity index (χ2v) is 2.65. The molecule has 3 unspecified atom stereocenters. The van der Waals surface area contributed by atoms with Gasteiger partial charge in [0.1, 0.15) is 6.10 Å². The monoisotopic (exact) mass is 144 g/mol. The second-order valence-electron chi connectivity index (χ2n) is 2.65. The molecule has 0 amide bonds. The van der Waals surface area contributed by atoms with Crippen molar-refractivity contribution in [2.24, 2.45) is 5.92 Å². The van der Waals surface area contributed by atoms with E-state index in [0.29, 0.717) is 18.1 Å². The van der Waals surface area contributed by atoms with E-state index in [1.165, 1.54) is 0 Å². The van der Waals surface area contributed by atoms with Gasteiger partial charge in [0.25, 0.3) is 0 Å². The van der Waals surface area contributed by atoms with Gasteiger partial charge >= 0.3 is 0 Å². The number of rotatable bonds is 0. The van der Waals surface area contributed by atoms with Gasteiger partial charge in [-0.2, -0.15) is 0 Å². The zero-order valence-electron chi connectivity index (χ0n) is 6.96. The molecule has 2 aliphatic rings. The Labute approximate surface area is 62.5 Å². The standard InChI is InChI=1S/C6H10O2.C2H6/c1-4-2-7-3-5-6(4)8-5;1-2/h4-6H,2-3H2,1H3;1-2H3. The van der Waals surface area contributed by atoms with Crippen LogP contribution >= 0.6 is 0 Å². The zero-order valence-corrected chi connectivity index (χ0v) is 6.96. The van der Waals surface area contributed by atoms with Gasteiger partial charge in [-0.05, 0) is 0 Å². The van der Waals surface area contributed by atoms with Crippen molar-refractivity contribution in [3.05, 3.63) is 0 Å². The average Bonchev–Trinajstić information content (AvgIpc) is 2.72. The largest absolute Gasteiger partial charge is 0.378 e. The molecule has 0 aromatic carbocycles. The lowest BCUT2D eigenvalue weighted by Gasteiger charge is -2.12. The maximum Gasteiger partial charge on any atom is 0.108 e. The summed E-state index contributed by atoms with van der Waals surface area (Å²) in [5, 5.41) is 0. The molecule has 2 fully saturated rings. The minimum atomic E-state index is 0.457. The van der Waals surface area contributed by atoms with Crippen molar-refractivity contribution in [2.45, 2.75) is 33.0 Å². The molecule has 0 radical (unpaired) electrons. The Morgan fingerprint density at radius 1 is 1.20 bits per heavy atom. The van der Waals surface area contributed by atoms with Crippen LogP contribution in [0.15, 0.2) is 0 Å². The van der Waals surface area contributed by atoms with Crippen LogP contribution in [-0.2, 0) is 9.47 Å². The van der Waals surface area contributed by atoms with Gasteiger partial charge < -0.3 is 9.47 Å². The van der Waals surface area contributed by atoms with Crippen molar-refractivity contribution < 1.29 is 9.47 Å². The van der Waals surface area contributed by atoms with E-state index >= 15 is 0 Å². The summed E-state index contributed by atoms with van der Waals surface area (Å²) in [4.78, 5) is 0. The lowest BCUT2D eigenvalue weighted by atomic mass is 10.1. The van der Waals surface area contributed by atoms with Gasteiger partial charge in [0, 0.05) is 5.92 Å². The molecule has 2 nitrogen and oxygen atoms in total. The highest BCUT2D eigenvalue weighted by atomic mass is 16.6. The van der Waals surface area contributed by atoms with E-state index in [1.54, 1.807) is 0 Å². The molecule has 60 valence electrons. The van der Waals surface area contributed by atoms with E-state index in [2.05, 4.69) is 6.92 Å². The normalized spacial score (nSPS) is 42.9. The molecule has 0 aromatic heterocycles. The van der Waals surface area contributed by atoms with Crippen molar-refractivity contribution in [1.82, 2.24) is 0 Å². The molecule has 3 atom stereocenters. The van der Waals surface area contributed by atoms with Gasteiger partial charge in [0.05, 0.1) is 19.3 Å². The van der Waals surface area contributed by atoms with Crippen LogP contribution in [0.3, 0.4) is 0 Å². The molecule has 0 saturated carbocycles. The van der Waals surface area contributed by atoms with Crippen LogP contribution in [0.4, 0.5) is 0 Å². The Kier molecular flexibility index (Phi) is 2.69. The Morgan fingerprint density at radius 2 is 1.90 bits per heavy atom. The van der Waals surface area contributed by atoms with Crippen molar-refractivity contribution in [3.63, 3.8) is 0 Å². The van der Waals surface area contributed by atoms with Gasteiger partial charge in [0.2, 0.25) is 0 Å². The summed E-state index contributed by atoms with van der Waals surface area (Å²) < 4.78 is 10.5. The third-order valence-corrected chi connectivity index (χ3v) is 1.85. The molecule has 2 saturated heterocycles. The van der Waals surface area contributed by atoms with Crippen molar-refractivity contribution >= 4 is 0 Å².